The molecule has 1 saturated heterocycles. The molecular formula is C24H22N2OS. The van der Waals surface area contributed by atoms with Crippen molar-refractivity contribution in [2.24, 2.45) is 7.05 Å². The number of nitrogens with zero attached hydrogens (tertiary/aromatic N) is 1. The molecule has 0 radical (unpaired) electrons. The first kappa shape index (κ1) is 16.5. The van der Waals surface area contributed by atoms with Gasteiger partial charge in [-0.05, 0) is 53.4 Å². The topological polar surface area (TPSA) is 34.0 Å². The van der Waals surface area contributed by atoms with E-state index in [9.17, 15) is 4.21 Å². The van der Waals surface area contributed by atoms with E-state index in [1.165, 1.54) is 35.0 Å². The van der Waals surface area contributed by atoms with E-state index >= 15 is 0 Å². The lowest BCUT2D eigenvalue weighted by Crippen LogP contribution is -2.32. The summed E-state index contributed by atoms with van der Waals surface area (Å²) in [5.74, 6) is 0. The van der Waals surface area contributed by atoms with Gasteiger partial charge in [0.25, 0.3) is 0 Å². The summed E-state index contributed by atoms with van der Waals surface area (Å²) in [5, 5.41) is 7.23. The van der Waals surface area contributed by atoms with Crippen LogP contribution in [0.3, 0.4) is 0 Å². The van der Waals surface area contributed by atoms with Crippen molar-refractivity contribution in [3.63, 3.8) is 0 Å². The number of aromatic nitrogens is 1. The van der Waals surface area contributed by atoms with Gasteiger partial charge in [0.1, 0.15) is 0 Å². The number of hydrogen-bond acceptors (Lipinski definition) is 2. The molecule has 2 bridgehead atoms. The molecule has 1 fully saturated rings. The molecule has 2 aliphatic heterocycles. The van der Waals surface area contributed by atoms with Crippen molar-refractivity contribution >= 4 is 32.5 Å². The van der Waals surface area contributed by atoms with Gasteiger partial charge in [-0.25, -0.2) is 4.21 Å². The van der Waals surface area contributed by atoms with Crippen molar-refractivity contribution in [3.05, 3.63) is 71.9 Å². The second-order valence-electron chi connectivity index (χ2n) is 8.04. The van der Waals surface area contributed by atoms with Gasteiger partial charge in [-0.3, -0.25) is 0 Å². The third-order valence-corrected chi connectivity index (χ3v) is 7.97. The predicted molar refractivity (Wildman–Crippen MR) is 114 cm³/mol. The third-order valence-electron chi connectivity index (χ3n) is 6.53. The lowest BCUT2D eigenvalue weighted by Gasteiger charge is -2.23. The molecule has 1 aromatic heterocycles. The minimum absolute atomic E-state index is 0.443. The van der Waals surface area contributed by atoms with Crippen molar-refractivity contribution in [1.29, 1.82) is 0 Å². The van der Waals surface area contributed by atoms with E-state index in [-0.39, 0.29) is 0 Å². The van der Waals surface area contributed by atoms with Gasteiger partial charge in [0, 0.05) is 47.0 Å². The van der Waals surface area contributed by atoms with E-state index in [4.69, 9.17) is 0 Å². The van der Waals surface area contributed by atoms with Crippen LogP contribution in [0.4, 0.5) is 0 Å². The molecule has 1 N–H and O–H groups in total. The molecule has 3 atom stereocenters. The molecule has 3 nitrogen and oxygen atoms in total. The summed E-state index contributed by atoms with van der Waals surface area (Å²) in [6, 6.07) is 21.7. The minimum atomic E-state index is -1.20. The first-order chi connectivity index (χ1) is 13.7. The van der Waals surface area contributed by atoms with Crippen molar-refractivity contribution in [3.8, 4) is 0 Å². The zero-order chi connectivity index (χ0) is 18.8. The van der Waals surface area contributed by atoms with Crippen LogP contribution in [0.5, 0.6) is 0 Å². The average Bonchev–Trinajstić information content (AvgIpc) is 3.25. The molecular weight excluding hydrogens is 364 g/mol. The van der Waals surface area contributed by atoms with Crippen LogP contribution in [0.15, 0.2) is 70.5 Å². The predicted octanol–water partition coefficient (Wildman–Crippen LogP) is 4.85. The molecule has 28 heavy (non-hydrogen) atoms. The molecule has 0 aliphatic carbocycles. The van der Waals surface area contributed by atoms with Crippen molar-refractivity contribution in [2.45, 2.75) is 41.1 Å². The Morgan fingerprint density at radius 3 is 2.79 bits per heavy atom. The zero-order valence-corrected chi connectivity index (χ0v) is 16.6. The van der Waals surface area contributed by atoms with Gasteiger partial charge in [0.05, 0.1) is 15.7 Å². The van der Waals surface area contributed by atoms with Crippen LogP contribution in [-0.2, 0) is 24.3 Å². The molecule has 2 aliphatic rings. The molecule has 0 saturated carbocycles. The molecule has 3 aromatic carbocycles. The Morgan fingerprint density at radius 2 is 1.86 bits per heavy atom. The van der Waals surface area contributed by atoms with Gasteiger partial charge in [0.15, 0.2) is 0 Å². The smallest absolute Gasteiger partial charge is 0.0856 e. The van der Waals surface area contributed by atoms with Crippen LogP contribution in [0.2, 0.25) is 0 Å². The summed E-state index contributed by atoms with van der Waals surface area (Å²) in [5.41, 5.74) is 4.13. The van der Waals surface area contributed by atoms with Gasteiger partial charge in [-0.1, -0.05) is 36.4 Å². The van der Waals surface area contributed by atoms with Crippen LogP contribution in [0.1, 0.15) is 30.1 Å². The van der Waals surface area contributed by atoms with Crippen molar-refractivity contribution in [2.75, 3.05) is 0 Å². The minimum Gasteiger partial charge on any atom is -0.347 e. The summed E-state index contributed by atoms with van der Waals surface area (Å²) >= 11 is 0. The quantitative estimate of drug-likeness (QED) is 0.534. The zero-order valence-electron chi connectivity index (χ0n) is 15.8. The highest BCUT2D eigenvalue weighted by molar-refractivity contribution is 7.85. The van der Waals surface area contributed by atoms with E-state index in [0.717, 1.165) is 27.0 Å². The third kappa shape index (κ3) is 2.28. The second kappa shape index (κ2) is 6.03. The lowest BCUT2D eigenvalue weighted by atomic mass is 9.99. The first-order valence-electron chi connectivity index (χ1n) is 9.97. The maximum Gasteiger partial charge on any atom is 0.0856 e. The Bertz CT molecular complexity index is 1270. The Labute approximate surface area is 166 Å². The largest absolute Gasteiger partial charge is 0.347 e. The highest BCUT2D eigenvalue weighted by Crippen LogP contribution is 2.42. The SMILES string of the molecule is Cn1c2c(c3cc(S(=O)c4cccc5ccccc45)ccc31)C1CCC(C2)N1. The molecule has 6 rings (SSSR count). The van der Waals surface area contributed by atoms with Crippen LogP contribution >= 0.6 is 0 Å². The number of nitrogens with one attached hydrogen (secondary N) is 1. The Balaban J connectivity index is 1.53. The van der Waals surface area contributed by atoms with E-state index < -0.39 is 10.8 Å². The highest BCUT2D eigenvalue weighted by atomic mass is 32.2. The van der Waals surface area contributed by atoms with Gasteiger partial charge in [0.2, 0.25) is 0 Å². The summed E-state index contributed by atoms with van der Waals surface area (Å²) in [4.78, 5) is 1.78. The normalized spacial score (nSPS) is 21.9. The summed E-state index contributed by atoms with van der Waals surface area (Å²) < 4.78 is 15.9. The highest BCUT2D eigenvalue weighted by Gasteiger charge is 2.35. The standard InChI is InChI=1S/C24H22N2OS/c1-26-21-12-10-17(14-19(21)24-20-11-9-16(25-20)13-22(24)26)28(27)23-8-4-6-15-5-2-3-7-18(15)23/h2-8,10,12,14,16,20,25H,9,11,13H2,1H3. The number of benzene rings is 3. The van der Waals surface area contributed by atoms with E-state index in [1.807, 2.05) is 30.3 Å². The Kier molecular flexibility index (Phi) is 3.56. The molecule has 3 unspecified atom stereocenters. The molecule has 0 amide bonds. The summed E-state index contributed by atoms with van der Waals surface area (Å²) in [6.07, 6.45) is 3.55. The van der Waals surface area contributed by atoms with Crippen LogP contribution < -0.4 is 5.32 Å². The first-order valence-corrected chi connectivity index (χ1v) is 11.1. The van der Waals surface area contributed by atoms with Crippen molar-refractivity contribution in [1.82, 2.24) is 9.88 Å². The van der Waals surface area contributed by atoms with Gasteiger partial charge in [-0.15, -0.1) is 0 Å². The van der Waals surface area contributed by atoms with Crippen molar-refractivity contribution < 1.29 is 4.21 Å². The molecule has 140 valence electrons. The molecule has 0 spiro atoms. The van der Waals surface area contributed by atoms with Crippen LogP contribution in [0, 0.1) is 0 Å². The number of rotatable bonds is 2. The van der Waals surface area contributed by atoms with E-state index in [1.54, 1.807) is 0 Å². The fourth-order valence-corrected chi connectivity index (χ4v) is 6.44. The fourth-order valence-electron chi connectivity index (χ4n) is 5.18. The van der Waals surface area contributed by atoms with E-state index in [2.05, 4.69) is 47.3 Å². The maximum atomic E-state index is 13.5. The fraction of sp³-hybridized carbons (Fsp3) is 0.250. The van der Waals surface area contributed by atoms with E-state index in [0.29, 0.717) is 12.1 Å². The van der Waals surface area contributed by atoms with Gasteiger partial charge < -0.3 is 9.88 Å². The summed E-state index contributed by atoms with van der Waals surface area (Å²) in [7, 11) is 0.973. The number of hydrogen-bond donors (Lipinski definition) is 1. The lowest BCUT2D eigenvalue weighted by molar-refractivity contribution is 0.503. The van der Waals surface area contributed by atoms with Gasteiger partial charge in [-0.2, -0.15) is 0 Å². The average molecular weight is 387 g/mol. The van der Waals surface area contributed by atoms with Crippen LogP contribution in [-0.4, -0.2) is 14.8 Å². The maximum absolute atomic E-state index is 13.5. The van der Waals surface area contributed by atoms with Crippen LogP contribution in [0.25, 0.3) is 21.7 Å². The van der Waals surface area contributed by atoms with Gasteiger partial charge >= 0.3 is 0 Å². The summed E-state index contributed by atoms with van der Waals surface area (Å²) in [6.45, 7) is 0. The monoisotopic (exact) mass is 386 g/mol. The molecule has 4 aromatic rings. The number of fused-ring (bicyclic) bond motifs is 7. The Hall–Kier alpha value is -2.43. The molecule has 4 heteroatoms. The second-order valence-corrected chi connectivity index (χ2v) is 9.49. The number of aryl methyl sites for hydroxylation is 1. The Morgan fingerprint density at radius 1 is 1.00 bits per heavy atom. The molecule has 3 heterocycles.